The largest absolute Gasteiger partial charge is 0.484 e. The van der Waals surface area contributed by atoms with Crippen LogP contribution in [0.2, 0.25) is 5.02 Å². The van der Waals surface area contributed by atoms with Crippen molar-refractivity contribution in [2.75, 3.05) is 0 Å². The first-order chi connectivity index (χ1) is 10.8. The molecular weight excluding hydrogens is 302 g/mol. The van der Waals surface area contributed by atoms with Crippen LogP contribution < -0.4 is 4.74 Å². The van der Waals surface area contributed by atoms with E-state index in [1.807, 2.05) is 18.2 Å². The van der Waals surface area contributed by atoms with Gasteiger partial charge in [0.2, 0.25) is 5.89 Å². The van der Waals surface area contributed by atoms with Gasteiger partial charge < -0.3 is 9.15 Å². The van der Waals surface area contributed by atoms with E-state index in [9.17, 15) is 0 Å². The van der Waals surface area contributed by atoms with Crippen molar-refractivity contribution in [1.29, 1.82) is 5.26 Å². The van der Waals surface area contributed by atoms with Crippen LogP contribution in [0.3, 0.4) is 0 Å². The Kier molecular flexibility index (Phi) is 4.03. The average molecular weight is 312 g/mol. The molecule has 0 fully saturated rings. The van der Waals surface area contributed by atoms with Crippen molar-refractivity contribution in [3.05, 3.63) is 65.0 Å². The number of nitriles is 1. The summed E-state index contributed by atoms with van der Waals surface area (Å²) in [5.41, 5.74) is 1.26. The molecule has 5 nitrogen and oxygen atoms in total. The van der Waals surface area contributed by atoms with Crippen LogP contribution >= 0.6 is 11.6 Å². The number of hydrogen-bond donors (Lipinski definition) is 0. The van der Waals surface area contributed by atoms with E-state index in [-0.39, 0.29) is 6.61 Å². The molecule has 0 aliphatic rings. The second-order valence-corrected chi connectivity index (χ2v) is 4.81. The Hall–Kier alpha value is -2.84. The predicted octanol–water partition coefficient (Wildman–Crippen LogP) is 3.84. The monoisotopic (exact) mass is 311 g/mol. The Bertz CT molecular complexity index is 822. The highest BCUT2D eigenvalue weighted by Crippen LogP contribution is 2.26. The topological polar surface area (TPSA) is 71.9 Å². The van der Waals surface area contributed by atoms with Gasteiger partial charge in [0.15, 0.2) is 6.61 Å². The zero-order valence-corrected chi connectivity index (χ0v) is 12.1. The number of halogens is 1. The van der Waals surface area contributed by atoms with Gasteiger partial charge in [0.05, 0.1) is 22.2 Å². The van der Waals surface area contributed by atoms with Crippen molar-refractivity contribution in [3.8, 4) is 23.3 Å². The Morgan fingerprint density at radius 2 is 1.86 bits per heavy atom. The lowest BCUT2D eigenvalue weighted by Crippen LogP contribution is -1.95. The summed E-state index contributed by atoms with van der Waals surface area (Å²) in [4.78, 5) is 0. The molecular formula is C16H10ClN3O2. The van der Waals surface area contributed by atoms with Gasteiger partial charge in [-0.3, -0.25) is 0 Å². The molecule has 0 aliphatic carbocycles. The summed E-state index contributed by atoms with van der Waals surface area (Å²) in [6, 6.07) is 16.1. The van der Waals surface area contributed by atoms with E-state index >= 15 is 0 Å². The number of hydrogen-bond acceptors (Lipinski definition) is 5. The van der Waals surface area contributed by atoms with E-state index in [0.29, 0.717) is 33.7 Å². The van der Waals surface area contributed by atoms with E-state index in [1.165, 1.54) is 0 Å². The molecule has 0 unspecified atom stereocenters. The quantitative estimate of drug-likeness (QED) is 0.732. The van der Waals surface area contributed by atoms with Crippen molar-refractivity contribution >= 4 is 11.6 Å². The maximum atomic E-state index is 8.73. The van der Waals surface area contributed by atoms with E-state index in [4.69, 9.17) is 26.0 Å². The van der Waals surface area contributed by atoms with Gasteiger partial charge in [0.1, 0.15) is 5.75 Å². The van der Waals surface area contributed by atoms with E-state index in [1.54, 1.807) is 36.4 Å². The van der Waals surface area contributed by atoms with E-state index in [2.05, 4.69) is 10.2 Å². The molecule has 0 amide bonds. The van der Waals surface area contributed by atoms with Crippen molar-refractivity contribution in [3.63, 3.8) is 0 Å². The van der Waals surface area contributed by atoms with Crippen molar-refractivity contribution in [1.82, 2.24) is 10.2 Å². The summed E-state index contributed by atoms with van der Waals surface area (Å²) in [5, 5.41) is 17.2. The highest BCUT2D eigenvalue weighted by molar-refractivity contribution is 6.33. The average Bonchev–Trinajstić information content (AvgIpc) is 3.02. The SMILES string of the molecule is N#Cc1ccc(OCc2nnc(-c3ccccc3Cl)o2)cc1. The van der Waals surface area contributed by atoms with Crippen LogP contribution in [0.1, 0.15) is 11.5 Å². The van der Waals surface area contributed by atoms with Crippen molar-refractivity contribution < 1.29 is 9.15 Å². The molecule has 1 heterocycles. The summed E-state index contributed by atoms with van der Waals surface area (Å²) in [6.07, 6.45) is 0. The third kappa shape index (κ3) is 3.08. The second-order valence-electron chi connectivity index (χ2n) is 4.41. The molecule has 2 aromatic carbocycles. The fourth-order valence-electron chi connectivity index (χ4n) is 1.83. The number of benzene rings is 2. The molecule has 0 aliphatic heterocycles. The zero-order valence-electron chi connectivity index (χ0n) is 11.4. The highest BCUT2D eigenvalue weighted by Gasteiger charge is 2.11. The Morgan fingerprint density at radius 3 is 2.59 bits per heavy atom. The number of aromatic nitrogens is 2. The second kappa shape index (κ2) is 6.29. The predicted molar refractivity (Wildman–Crippen MR) is 80.2 cm³/mol. The highest BCUT2D eigenvalue weighted by atomic mass is 35.5. The number of rotatable bonds is 4. The molecule has 0 atom stereocenters. The lowest BCUT2D eigenvalue weighted by molar-refractivity contribution is 0.264. The normalized spacial score (nSPS) is 10.2. The first kappa shape index (κ1) is 14.1. The van der Waals surface area contributed by atoms with Gasteiger partial charge in [-0.1, -0.05) is 23.7 Å². The number of ether oxygens (including phenoxy) is 1. The molecule has 3 aromatic rings. The van der Waals surface area contributed by atoms with Crippen LogP contribution in [-0.4, -0.2) is 10.2 Å². The molecule has 3 rings (SSSR count). The fraction of sp³-hybridized carbons (Fsp3) is 0.0625. The first-order valence-electron chi connectivity index (χ1n) is 6.46. The van der Waals surface area contributed by atoms with Crippen molar-refractivity contribution in [2.45, 2.75) is 6.61 Å². The molecule has 0 saturated heterocycles. The summed E-state index contributed by atoms with van der Waals surface area (Å²) in [5.74, 6) is 1.32. The summed E-state index contributed by atoms with van der Waals surface area (Å²) >= 11 is 6.08. The molecule has 0 radical (unpaired) electrons. The van der Waals surface area contributed by atoms with Gasteiger partial charge in [0, 0.05) is 0 Å². The molecule has 22 heavy (non-hydrogen) atoms. The fourth-order valence-corrected chi connectivity index (χ4v) is 2.04. The molecule has 6 heteroatoms. The summed E-state index contributed by atoms with van der Waals surface area (Å²) in [7, 11) is 0. The lowest BCUT2D eigenvalue weighted by atomic mass is 10.2. The molecule has 0 N–H and O–H groups in total. The van der Waals surface area contributed by atoms with Crippen LogP contribution in [0.5, 0.6) is 5.75 Å². The Balaban J connectivity index is 1.69. The maximum absolute atomic E-state index is 8.73. The Morgan fingerprint density at radius 1 is 1.09 bits per heavy atom. The minimum absolute atomic E-state index is 0.142. The minimum Gasteiger partial charge on any atom is -0.484 e. The van der Waals surface area contributed by atoms with Gasteiger partial charge in [0.25, 0.3) is 5.89 Å². The van der Waals surface area contributed by atoms with Gasteiger partial charge in [-0.15, -0.1) is 10.2 Å². The maximum Gasteiger partial charge on any atom is 0.254 e. The van der Waals surface area contributed by atoms with Gasteiger partial charge in [-0.05, 0) is 36.4 Å². The first-order valence-corrected chi connectivity index (χ1v) is 6.84. The molecule has 1 aromatic heterocycles. The standard InChI is InChI=1S/C16H10ClN3O2/c17-14-4-2-1-3-13(14)16-20-19-15(22-16)10-21-12-7-5-11(9-18)6-8-12/h1-8H,10H2. The third-order valence-corrected chi connectivity index (χ3v) is 3.25. The van der Waals surface area contributed by atoms with Crippen LogP contribution in [-0.2, 0) is 6.61 Å². The molecule has 108 valence electrons. The number of nitrogens with zero attached hydrogens (tertiary/aromatic N) is 3. The van der Waals surface area contributed by atoms with Crippen molar-refractivity contribution in [2.24, 2.45) is 0 Å². The van der Waals surface area contributed by atoms with Crippen LogP contribution in [0.15, 0.2) is 52.9 Å². The van der Waals surface area contributed by atoms with Gasteiger partial charge in [-0.25, -0.2) is 0 Å². The Labute approximate surface area is 131 Å². The van der Waals surface area contributed by atoms with E-state index < -0.39 is 0 Å². The van der Waals surface area contributed by atoms with E-state index in [0.717, 1.165) is 0 Å². The zero-order chi connectivity index (χ0) is 15.4. The smallest absolute Gasteiger partial charge is 0.254 e. The van der Waals surface area contributed by atoms with Crippen LogP contribution in [0.25, 0.3) is 11.5 Å². The third-order valence-electron chi connectivity index (χ3n) is 2.92. The molecule has 0 saturated carbocycles. The van der Waals surface area contributed by atoms with Gasteiger partial charge >= 0.3 is 0 Å². The molecule has 0 bridgehead atoms. The summed E-state index contributed by atoms with van der Waals surface area (Å²) < 4.78 is 11.1. The van der Waals surface area contributed by atoms with Gasteiger partial charge in [-0.2, -0.15) is 5.26 Å². The minimum atomic E-state index is 0.142. The summed E-state index contributed by atoms with van der Waals surface area (Å²) in [6.45, 7) is 0.142. The molecule has 0 spiro atoms. The van der Waals surface area contributed by atoms with Crippen LogP contribution in [0, 0.1) is 11.3 Å². The lowest BCUT2D eigenvalue weighted by Gasteiger charge is -2.02. The van der Waals surface area contributed by atoms with Crippen LogP contribution in [0.4, 0.5) is 0 Å².